The van der Waals surface area contributed by atoms with E-state index in [9.17, 15) is 4.79 Å². The molecule has 3 nitrogen and oxygen atoms in total. The van der Waals surface area contributed by atoms with Gasteiger partial charge < -0.3 is 5.32 Å². The van der Waals surface area contributed by atoms with E-state index >= 15 is 0 Å². The maximum Gasteiger partial charge on any atom is 0.256 e. The molecule has 104 valence electrons. The first-order valence-electron chi connectivity index (χ1n) is 6.25. The van der Waals surface area contributed by atoms with E-state index in [0.29, 0.717) is 5.56 Å². The Morgan fingerprint density at radius 1 is 1.05 bits per heavy atom. The number of carbonyl (C=O) groups excluding carboxylic acids is 1. The Morgan fingerprint density at radius 2 is 1.90 bits per heavy atom. The van der Waals surface area contributed by atoms with Gasteiger partial charge in [-0.25, -0.2) is 0 Å². The maximum absolute atomic E-state index is 12.4. The van der Waals surface area contributed by atoms with Crippen molar-refractivity contribution in [2.24, 2.45) is 0 Å². The first-order valence-corrected chi connectivity index (χ1v) is 7.84. The van der Waals surface area contributed by atoms with Gasteiger partial charge >= 0.3 is 0 Å². The summed E-state index contributed by atoms with van der Waals surface area (Å²) in [7, 11) is 0. The molecule has 0 atom stereocenters. The number of pyridine rings is 1. The highest BCUT2D eigenvalue weighted by atomic mass is 79.9. The maximum atomic E-state index is 12.4. The van der Waals surface area contributed by atoms with Gasteiger partial charge in [-0.15, -0.1) is 0 Å². The highest BCUT2D eigenvalue weighted by Crippen LogP contribution is 2.25. The third-order valence-electron chi connectivity index (χ3n) is 3.07. The topological polar surface area (TPSA) is 42.0 Å². The normalized spacial score (nSPS) is 10.6. The largest absolute Gasteiger partial charge is 0.321 e. The summed E-state index contributed by atoms with van der Waals surface area (Å²) in [5, 5.41) is 3.86. The number of nitrogens with zero attached hydrogens (tertiary/aromatic N) is 1. The number of nitrogens with one attached hydrogen (secondary N) is 1. The number of hydrogen-bond acceptors (Lipinski definition) is 2. The van der Waals surface area contributed by atoms with Gasteiger partial charge in [-0.3, -0.25) is 9.78 Å². The van der Waals surface area contributed by atoms with Crippen molar-refractivity contribution in [2.45, 2.75) is 0 Å². The van der Waals surface area contributed by atoms with Crippen LogP contribution in [0.15, 0.2) is 63.7 Å². The predicted molar refractivity (Wildman–Crippen MR) is 91.5 cm³/mol. The zero-order valence-corrected chi connectivity index (χ0v) is 14.0. The minimum Gasteiger partial charge on any atom is -0.321 e. The number of fused-ring (bicyclic) bond motifs is 1. The van der Waals surface area contributed by atoms with Crippen molar-refractivity contribution in [3.8, 4) is 0 Å². The molecule has 0 fully saturated rings. The number of amides is 1. The fourth-order valence-electron chi connectivity index (χ4n) is 2.08. The van der Waals surface area contributed by atoms with Crippen LogP contribution in [-0.4, -0.2) is 10.9 Å². The molecule has 5 heteroatoms. The van der Waals surface area contributed by atoms with E-state index in [2.05, 4.69) is 42.2 Å². The van der Waals surface area contributed by atoms with Crippen molar-refractivity contribution >= 4 is 54.4 Å². The summed E-state index contributed by atoms with van der Waals surface area (Å²) < 4.78 is 1.66. The third-order valence-corrected chi connectivity index (χ3v) is 4.22. The number of aromatic nitrogens is 1. The van der Waals surface area contributed by atoms with E-state index in [-0.39, 0.29) is 5.91 Å². The third kappa shape index (κ3) is 2.99. The van der Waals surface area contributed by atoms with Crippen LogP contribution in [0.5, 0.6) is 0 Å². The molecule has 1 heterocycles. The summed E-state index contributed by atoms with van der Waals surface area (Å²) in [5.74, 6) is -0.161. The molecular formula is C16H10Br2N2O. The van der Waals surface area contributed by atoms with Gasteiger partial charge in [-0.2, -0.15) is 0 Å². The second kappa shape index (κ2) is 5.95. The number of hydrogen-bond donors (Lipinski definition) is 1. The molecule has 0 aliphatic rings. The Kier molecular flexibility index (Phi) is 4.03. The lowest BCUT2D eigenvalue weighted by Gasteiger charge is -2.09. The van der Waals surface area contributed by atoms with E-state index in [1.807, 2.05) is 42.5 Å². The second-order valence-electron chi connectivity index (χ2n) is 4.45. The summed E-state index contributed by atoms with van der Waals surface area (Å²) in [6.45, 7) is 0. The fraction of sp³-hybridized carbons (Fsp3) is 0. The van der Waals surface area contributed by atoms with Crippen LogP contribution in [0.4, 0.5) is 5.69 Å². The number of benzene rings is 2. The Balaban J connectivity index is 1.97. The molecule has 0 saturated heterocycles. The summed E-state index contributed by atoms with van der Waals surface area (Å²) in [4.78, 5) is 16.7. The molecule has 0 saturated carbocycles. The van der Waals surface area contributed by atoms with Crippen molar-refractivity contribution in [2.75, 3.05) is 5.32 Å². The molecule has 0 aliphatic heterocycles. The van der Waals surface area contributed by atoms with Crippen LogP contribution in [0.25, 0.3) is 10.9 Å². The Hall–Kier alpha value is -1.72. The lowest BCUT2D eigenvalue weighted by molar-refractivity contribution is 0.102. The van der Waals surface area contributed by atoms with E-state index in [4.69, 9.17) is 0 Å². The van der Waals surface area contributed by atoms with Crippen LogP contribution in [0.3, 0.4) is 0 Å². The molecule has 21 heavy (non-hydrogen) atoms. The lowest BCUT2D eigenvalue weighted by Crippen LogP contribution is -2.12. The Labute approximate surface area is 138 Å². The van der Waals surface area contributed by atoms with Gasteiger partial charge in [0, 0.05) is 20.5 Å². The Morgan fingerprint density at radius 3 is 2.71 bits per heavy atom. The van der Waals surface area contributed by atoms with Crippen LogP contribution >= 0.6 is 31.9 Å². The molecule has 0 radical (unpaired) electrons. The molecule has 3 aromatic rings. The first kappa shape index (κ1) is 14.2. The van der Waals surface area contributed by atoms with Crippen molar-refractivity contribution < 1.29 is 4.79 Å². The average Bonchev–Trinajstić information content (AvgIpc) is 2.47. The average molecular weight is 406 g/mol. The van der Waals surface area contributed by atoms with Crippen molar-refractivity contribution in [3.63, 3.8) is 0 Å². The minimum atomic E-state index is -0.161. The second-order valence-corrected chi connectivity index (χ2v) is 6.22. The lowest BCUT2D eigenvalue weighted by atomic mass is 10.1. The number of anilines is 1. The summed E-state index contributed by atoms with van der Waals surface area (Å²) in [5.41, 5.74) is 2.18. The van der Waals surface area contributed by atoms with Crippen molar-refractivity contribution in [1.29, 1.82) is 0 Å². The van der Waals surface area contributed by atoms with Gasteiger partial charge in [0.2, 0.25) is 0 Å². The van der Waals surface area contributed by atoms with Crippen LogP contribution < -0.4 is 5.32 Å². The number of carbonyl (C=O) groups is 1. The van der Waals surface area contributed by atoms with Gasteiger partial charge in [0.05, 0.1) is 16.8 Å². The standard InChI is InChI=1S/C16H10Br2N2O/c17-10-6-7-11(13(18)9-10)16(21)20-15-5-1-4-14-12(15)3-2-8-19-14/h1-9H,(H,20,21). The molecule has 1 N–H and O–H groups in total. The smallest absolute Gasteiger partial charge is 0.256 e. The molecule has 2 aromatic carbocycles. The highest BCUT2D eigenvalue weighted by molar-refractivity contribution is 9.11. The predicted octanol–water partition coefficient (Wildman–Crippen LogP) is 5.01. The molecule has 0 unspecified atom stereocenters. The van der Waals surface area contributed by atoms with Crippen LogP contribution in [0.2, 0.25) is 0 Å². The minimum absolute atomic E-state index is 0.161. The van der Waals surface area contributed by atoms with Gasteiger partial charge in [-0.1, -0.05) is 22.0 Å². The molecule has 1 amide bonds. The van der Waals surface area contributed by atoms with Gasteiger partial charge in [0.25, 0.3) is 5.91 Å². The molecule has 0 spiro atoms. The van der Waals surface area contributed by atoms with Crippen LogP contribution in [-0.2, 0) is 0 Å². The summed E-state index contributed by atoms with van der Waals surface area (Å²) in [6, 6.07) is 14.9. The van der Waals surface area contributed by atoms with E-state index in [0.717, 1.165) is 25.5 Å². The summed E-state index contributed by atoms with van der Waals surface area (Å²) in [6.07, 6.45) is 1.74. The Bertz CT molecular complexity index is 828. The molecule has 1 aromatic heterocycles. The van der Waals surface area contributed by atoms with Crippen LogP contribution in [0, 0.1) is 0 Å². The van der Waals surface area contributed by atoms with Crippen LogP contribution in [0.1, 0.15) is 10.4 Å². The van der Waals surface area contributed by atoms with Crippen molar-refractivity contribution in [3.05, 3.63) is 69.2 Å². The SMILES string of the molecule is O=C(Nc1cccc2ncccc12)c1ccc(Br)cc1Br. The van der Waals surface area contributed by atoms with Gasteiger partial charge in [-0.05, 0) is 58.4 Å². The summed E-state index contributed by atoms with van der Waals surface area (Å²) >= 11 is 6.78. The van der Waals surface area contributed by atoms with Crippen molar-refractivity contribution in [1.82, 2.24) is 4.98 Å². The highest BCUT2D eigenvalue weighted by Gasteiger charge is 2.12. The molecule has 3 rings (SSSR count). The van der Waals surface area contributed by atoms with E-state index in [1.165, 1.54) is 0 Å². The number of rotatable bonds is 2. The quantitative estimate of drug-likeness (QED) is 0.650. The molecule has 0 bridgehead atoms. The zero-order valence-electron chi connectivity index (χ0n) is 10.8. The first-order chi connectivity index (χ1) is 10.1. The monoisotopic (exact) mass is 404 g/mol. The fourth-order valence-corrected chi connectivity index (χ4v) is 3.30. The molecule has 0 aliphatic carbocycles. The zero-order chi connectivity index (χ0) is 14.8. The number of halogens is 2. The van der Waals surface area contributed by atoms with E-state index in [1.54, 1.807) is 12.3 Å². The van der Waals surface area contributed by atoms with E-state index < -0.39 is 0 Å². The van der Waals surface area contributed by atoms with Gasteiger partial charge in [0.15, 0.2) is 0 Å². The molecular weight excluding hydrogens is 396 g/mol. The van der Waals surface area contributed by atoms with Gasteiger partial charge in [0.1, 0.15) is 0 Å².